The van der Waals surface area contributed by atoms with Crippen molar-refractivity contribution in [2.45, 2.75) is 0 Å². The molecule has 0 radical (unpaired) electrons. The largest absolute Gasteiger partial charge is 0.382 e. The van der Waals surface area contributed by atoms with E-state index in [-0.39, 0.29) is 0 Å². The van der Waals surface area contributed by atoms with Crippen molar-refractivity contribution in [3.8, 4) is 11.3 Å². The Balaban J connectivity index is 2.26. The summed E-state index contributed by atoms with van der Waals surface area (Å²) in [7, 11) is 0. The van der Waals surface area contributed by atoms with Gasteiger partial charge in [0, 0.05) is 17.1 Å². The summed E-state index contributed by atoms with van der Waals surface area (Å²) in [6.07, 6.45) is 1.72. The van der Waals surface area contributed by atoms with Crippen LogP contribution < -0.4 is 5.73 Å². The molecular formula is C14H11N3. The molecule has 1 aromatic carbocycles. The Morgan fingerprint density at radius 2 is 1.76 bits per heavy atom. The first-order valence-corrected chi connectivity index (χ1v) is 5.41. The lowest BCUT2D eigenvalue weighted by Crippen LogP contribution is -1.95. The molecule has 0 bridgehead atoms. The Labute approximate surface area is 98.9 Å². The van der Waals surface area contributed by atoms with E-state index in [4.69, 9.17) is 5.73 Å². The van der Waals surface area contributed by atoms with E-state index in [0.717, 1.165) is 22.2 Å². The quantitative estimate of drug-likeness (QED) is 0.687. The first-order chi connectivity index (χ1) is 8.34. The maximum Gasteiger partial charge on any atom is 0.150 e. The lowest BCUT2D eigenvalue weighted by molar-refractivity contribution is 1.32. The van der Waals surface area contributed by atoms with Crippen LogP contribution in [0.15, 0.2) is 54.7 Å². The van der Waals surface area contributed by atoms with E-state index in [2.05, 4.69) is 9.97 Å². The highest BCUT2D eigenvalue weighted by molar-refractivity contribution is 5.90. The highest BCUT2D eigenvalue weighted by Gasteiger charge is 2.05. The zero-order chi connectivity index (χ0) is 11.7. The molecule has 2 heterocycles. The summed E-state index contributed by atoms with van der Waals surface area (Å²) in [5.41, 5.74) is 8.62. The van der Waals surface area contributed by atoms with Crippen molar-refractivity contribution in [2.75, 3.05) is 5.73 Å². The van der Waals surface area contributed by atoms with E-state index in [9.17, 15) is 0 Å². The van der Waals surface area contributed by atoms with Gasteiger partial charge in [0.15, 0.2) is 5.82 Å². The number of hydrogen-bond acceptors (Lipinski definition) is 3. The number of benzene rings is 1. The van der Waals surface area contributed by atoms with Gasteiger partial charge < -0.3 is 5.73 Å². The summed E-state index contributed by atoms with van der Waals surface area (Å²) < 4.78 is 0. The Morgan fingerprint density at radius 1 is 0.941 bits per heavy atom. The van der Waals surface area contributed by atoms with E-state index in [1.807, 2.05) is 48.5 Å². The van der Waals surface area contributed by atoms with Crippen LogP contribution in [0.1, 0.15) is 0 Å². The molecule has 0 aliphatic rings. The maximum absolute atomic E-state index is 5.92. The second kappa shape index (κ2) is 3.87. The molecule has 2 aromatic heterocycles. The molecule has 3 aromatic rings. The first kappa shape index (κ1) is 9.78. The molecular weight excluding hydrogens is 210 g/mol. The molecule has 0 fully saturated rings. The number of hydrogen-bond donors (Lipinski definition) is 1. The van der Waals surface area contributed by atoms with E-state index in [1.54, 1.807) is 6.20 Å². The lowest BCUT2D eigenvalue weighted by atomic mass is 10.1. The summed E-state index contributed by atoms with van der Waals surface area (Å²) in [6, 6.07) is 15.9. The van der Waals surface area contributed by atoms with Crippen LogP contribution in [-0.4, -0.2) is 9.97 Å². The second-order valence-electron chi connectivity index (χ2n) is 3.83. The van der Waals surface area contributed by atoms with Crippen LogP contribution in [0, 0.1) is 0 Å². The monoisotopic (exact) mass is 221 g/mol. The third-order valence-electron chi connectivity index (χ3n) is 2.68. The third kappa shape index (κ3) is 1.72. The highest BCUT2D eigenvalue weighted by atomic mass is 14.9. The van der Waals surface area contributed by atoms with Crippen LogP contribution in [0.5, 0.6) is 0 Å². The summed E-state index contributed by atoms with van der Waals surface area (Å²) in [4.78, 5) is 8.61. The van der Waals surface area contributed by atoms with Gasteiger partial charge in [-0.3, -0.25) is 4.98 Å². The van der Waals surface area contributed by atoms with Crippen LogP contribution in [0.25, 0.3) is 22.2 Å². The molecule has 0 unspecified atom stereocenters. The molecule has 0 aliphatic carbocycles. The Morgan fingerprint density at radius 3 is 2.59 bits per heavy atom. The molecule has 2 N–H and O–H groups in total. The zero-order valence-corrected chi connectivity index (χ0v) is 9.17. The number of anilines is 1. The average Bonchev–Trinajstić information content (AvgIpc) is 2.40. The lowest BCUT2D eigenvalue weighted by Gasteiger charge is -2.05. The topological polar surface area (TPSA) is 51.8 Å². The number of nitrogen functional groups attached to an aromatic ring is 1. The van der Waals surface area contributed by atoms with Crippen LogP contribution >= 0.6 is 0 Å². The van der Waals surface area contributed by atoms with Crippen molar-refractivity contribution >= 4 is 16.7 Å². The Hall–Kier alpha value is -2.42. The maximum atomic E-state index is 5.92. The van der Waals surface area contributed by atoms with E-state index in [0.29, 0.717) is 5.82 Å². The predicted molar refractivity (Wildman–Crippen MR) is 69.4 cm³/mol. The number of fused-ring (bicyclic) bond motifs is 1. The average molecular weight is 221 g/mol. The summed E-state index contributed by atoms with van der Waals surface area (Å²) in [6.45, 7) is 0. The second-order valence-corrected chi connectivity index (χ2v) is 3.83. The predicted octanol–water partition coefficient (Wildman–Crippen LogP) is 2.88. The fourth-order valence-electron chi connectivity index (χ4n) is 1.87. The minimum Gasteiger partial charge on any atom is -0.382 e. The van der Waals surface area contributed by atoms with Gasteiger partial charge in [-0.15, -0.1) is 0 Å². The zero-order valence-electron chi connectivity index (χ0n) is 9.17. The smallest absolute Gasteiger partial charge is 0.150 e. The summed E-state index contributed by atoms with van der Waals surface area (Å²) >= 11 is 0. The molecule has 17 heavy (non-hydrogen) atoms. The summed E-state index contributed by atoms with van der Waals surface area (Å²) in [5, 5.41) is 1.01. The van der Waals surface area contributed by atoms with Crippen molar-refractivity contribution in [1.82, 2.24) is 9.97 Å². The SMILES string of the molecule is Nc1nc(-c2ccccc2)cc2cccnc12. The van der Waals surface area contributed by atoms with E-state index < -0.39 is 0 Å². The van der Waals surface area contributed by atoms with Crippen molar-refractivity contribution in [2.24, 2.45) is 0 Å². The van der Waals surface area contributed by atoms with Crippen molar-refractivity contribution < 1.29 is 0 Å². The molecule has 3 nitrogen and oxygen atoms in total. The van der Waals surface area contributed by atoms with Crippen LogP contribution in [0.2, 0.25) is 0 Å². The molecule has 0 saturated heterocycles. The van der Waals surface area contributed by atoms with E-state index in [1.165, 1.54) is 0 Å². The normalized spacial score (nSPS) is 10.6. The molecule has 3 heteroatoms. The third-order valence-corrected chi connectivity index (χ3v) is 2.68. The van der Waals surface area contributed by atoms with Crippen molar-refractivity contribution in [3.05, 3.63) is 54.7 Å². The van der Waals surface area contributed by atoms with Gasteiger partial charge in [0.2, 0.25) is 0 Å². The minimum atomic E-state index is 0.474. The fourth-order valence-corrected chi connectivity index (χ4v) is 1.87. The number of rotatable bonds is 1. The van der Waals surface area contributed by atoms with Gasteiger partial charge in [-0.25, -0.2) is 4.98 Å². The van der Waals surface area contributed by atoms with Crippen molar-refractivity contribution in [3.63, 3.8) is 0 Å². The molecule has 82 valence electrons. The fraction of sp³-hybridized carbons (Fsp3) is 0. The van der Waals surface area contributed by atoms with Gasteiger partial charge in [-0.1, -0.05) is 36.4 Å². The number of nitrogens with two attached hydrogens (primary N) is 1. The van der Waals surface area contributed by atoms with Crippen LogP contribution in [0.3, 0.4) is 0 Å². The van der Waals surface area contributed by atoms with Gasteiger partial charge in [0.1, 0.15) is 5.52 Å². The molecule has 0 aliphatic heterocycles. The van der Waals surface area contributed by atoms with Gasteiger partial charge in [-0.2, -0.15) is 0 Å². The number of pyridine rings is 2. The Bertz CT molecular complexity index is 663. The molecule has 0 saturated carbocycles. The van der Waals surface area contributed by atoms with Gasteiger partial charge in [0.05, 0.1) is 5.69 Å². The van der Waals surface area contributed by atoms with Gasteiger partial charge in [-0.05, 0) is 12.1 Å². The van der Waals surface area contributed by atoms with E-state index >= 15 is 0 Å². The molecule has 3 rings (SSSR count). The standard InChI is InChI=1S/C14H11N3/c15-14-13-11(7-4-8-16-13)9-12(17-14)10-5-2-1-3-6-10/h1-9H,(H2,15,17). The highest BCUT2D eigenvalue weighted by Crippen LogP contribution is 2.24. The first-order valence-electron chi connectivity index (χ1n) is 5.41. The summed E-state index contributed by atoms with van der Waals surface area (Å²) in [5.74, 6) is 0.474. The minimum absolute atomic E-state index is 0.474. The Kier molecular flexibility index (Phi) is 2.22. The van der Waals surface area contributed by atoms with Gasteiger partial charge >= 0.3 is 0 Å². The molecule has 0 spiro atoms. The molecule has 0 atom stereocenters. The molecule has 0 amide bonds. The van der Waals surface area contributed by atoms with Gasteiger partial charge in [0.25, 0.3) is 0 Å². The van der Waals surface area contributed by atoms with Crippen molar-refractivity contribution in [1.29, 1.82) is 0 Å². The van der Waals surface area contributed by atoms with Crippen LogP contribution in [0.4, 0.5) is 5.82 Å². The number of nitrogens with zero attached hydrogens (tertiary/aromatic N) is 2. The number of aromatic nitrogens is 2. The van der Waals surface area contributed by atoms with Crippen LogP contribution in [-0.2, 0) is 0 Å².